The third-order valence-electron chi connectivity index (χ3n) is 3.44. The Bertz CT molecular complexity index is 530. The van der Waals surface area contributed by atoms with Gasteiger partial charge in [0.15, 0.2) is 0 Å². The summed E-state index contributed by atoms with van der Waals surface area (Å²) in [7, 11) is 0. The van der Waals surface area contributed by atoms with Crippen LogP contribution in [0.2, 0.25) is 0 Å². The average Bonchev–Trinajstić information content (AvgIpc) is 2.84. The first-order valence-electron chi connectivity index (χ1n) is 6.87. The van der Waals surface area contributed by atoms with Crippen molar-refractivity contribution >= 4 is 17.8 Å². The van der Waals surface area contributed by atoms with E-state index in [4.69, 9.17) is 5.11 Å². The van der Waals surface area contributed by atoms with Crippen molar-refractivity contribution in [3.63, 3.8) is 0 Å². The van der Waals surface area contributed by atoms with Gasteiger partial charge in [0.1, 0.15) is 0 Å². The summed E-state index contributed by atoms with van der Waals surface area (Å²) >= 11 is 0. The maximum absolute atomic E-state index is 12.2. The fourth-order valence-corrected chi connectivity index (χ4v) is 2.39. The van der Waals surface area contributed by atoms with Gasteiger partial charge in [-0.3, -0.25) is 14.4 Å². The van der Waals surface area contributed by atoms with Crippen molar-refractivity contribution in [1.29, 1.82) is 0 Å². The molecule has 0 aromatic heterocycles. The second-order valence-electron chi connectivity index (χ2n) is 5.20. The van der Waals surface area contributed by atoms with Crippen LogP contribution in [0, 0.1) is 5.92 Å². The van der Waals surface area contributed by atoms with Gasteiger partial charge in [0.05, 0.1) is 18.4 Å². The standard InChI is InChI=1S/C15H18N2O4/c18-13-8-12(9-16-13)17-15(21)11(7-14(19)20)6-10-4-2-1-3-5-10/h1-5,11-12H,6-9H2,(H,16,18)(H,17,21)(H,19,20). The molecule has 2 amide bonds. The molecule has 0 saturated carbocycles. The molecule has 0 aliphatic carbocycles. The lowest BCUT2D eigenvalue weighted by atomic mass is 9.95. The number of hydrogen-bond donors (Lipinski definition) is 3. The molecule has 1 aliphatic rings. The van der Waals surface area contributed by atoms with Gasteiger partial charge in [-0.1, -0.05) is 30.3 Å². The number of hydrogen-bond acceptors (Lipinski definition) is 3. The van der Waals surface area contributed by atoms with E-state index in [0.29, 0.717) is 13.0 Å². The molecule has 112 valence electrons. The van der Waals surface area contributed by atoms with E-state index in [-0.39, 0.29) is 30.7 Å². The van der Waals surface area contributed by atoms with Crippen molar-refractivity contribution in [3.05, 3.63) is 35.9 Å². The van der Waals surface area contributed by atoms with Gasteiger partial charge in [0.25, 0.3) is 0 Å². The fraction of sp³-hybridized carbons (Fsp3) is 0.400. The lowest BCUT2D eigenvalue weighted by Crippen LogP contribution is -2.41. The number of carbonyl (C=O) groups is 3. The maximum atomic E-state index is 12.2. The fourth-order valence-electron chi connectivity index (χ4n) is 2.39. The summed E-state index contributed by atoms with van der Waals surface area (Å²) < 4.78 is 0. The van der Waals surface area contributed by atoms with E-state index in [2.05, 4.69) is 10.6 Å². The first-order chi connectivity index (χ1) is 10.0. The second kappa shape index (κ2) is 6.88. The monoisotopic (exact) mass is 290 g/mol. The third-order valence-corrected chi connectivity index (χ3v) is 3.44. The van der Waals surface area contributed by atoms with E-state index in [1.54, 1.807) is 0 Å². The number of carbonyl (C=O) groups excluding carboxylic acids is 2. The third kappa shape index (κ3) is 4.59. The maximum Gasteiger partial charge on any atom is 0.304 e. The van der Waals surface area contributed by atoms with Gasteiger partial charge in [-0.05, 0) is 12.0 Å². The summed E-state index contributed by atoms with van der Waals surface area (Å²) in [6.07, 6.45) is 0.388. The van der Waals surface area contributed by atoms with Crippen LogP contribution < -0.4 is 10.6 Å². The lowest BCUT2D eigenvalue weighted by molar-refractivity contribution is -0.141. The molecule has 6 heteroatoms. The minimum absolute atomic E-state index is 0.0989. The molecule has 1 saturated heterocycles. The van der Waals surface area contributed by atoms with Crippen molar-refractivity contribution < 1.29 is 19.5 Å². The molecule has 21 heavy (non-hydrogen) atoms. The average molecular weight is 290 g/mol. The number of nitrogens with one attached hydrogen (secondary N) is 2. The highest BCUT2D eigenvalue weighted by Crippen LogP contribution is 2.14. The van der Waals surface area contributed by atoms with Gasteiger partial charge >= 0.3 is 5.97 Å². The highest BCUT2D eigenvalue weighted by Gasteiger charge is 2.28. The predicted molar refractivity (Wildman–Crippen MR) is 75.4 cm³/mol. The molecule has 2 atom stereocenters. The van der Waals surface area contributed by atoms with E-state index < -0.39 is 11.9 Å². The van der Waals surface area contributed by atoms with Crippen molar-refractivity contribution in [3.8, 4) is 0 Å². The van der Waals surface area contributed by atoms with Crippen LogP contribution in [0.3, 0.4) is 0 Å². The minimum atomic E-state index is -1.01. The topological polar surface area (TPSA) is 95.5 Å². The van der Waals surface area contributed by atoms with Crippen LogP contribution in [-0.2, 0) is 20.8 Å². The van der Waals surface area contributed by atoms with Crippen molar-refractivity contribution in [2.24, 2.45) is 5.92 Å². The van der Waals surface area contributed by atoms with E-state index in [0.717, 1.165) is 5.56 Å². The Hall–Kier alpha value is -2.37. The second-order valence-corrected chi connectivity index (χ2v) is 5.20. The van der Waals surface area contributed by atoms with Gasteiger partial charge in [-0.25, -0.2) is 0 Å². The number of rotatable bonds is 6. The molecule has 0 bridgehead atoms. The van der Waals surface area contributed by atoms with E-state index in [9.17, 15) is 14.4 Å². The van der Waals surface area contributed by atoms with Gasteiger partial charge in [-0.2, -0.15) is 0 Å². The van der Waals surface area contributed by atoms with Crippen molar-refractivity contribution in [2.45, 2.75) is 25.3 Å². The first-order valence-corrected chi connectivity index (χ1v) is 6.87. The lowest BCUT2D eigenvalue weighted by Gasteiger charge is -2.18. The van der Waals surface area contributed by atoms with Crippen LogP contribution in [-0.4, -0.2) is 35.5 Å². The molecule has 1 aliphatic heterocycles. The number of aliphatic carboxylic acids is 1. The van der Waals surface area contributed by atoms with Gasteiger partial charge in [0, 0.05) is 13.0 Å². The van der Waals surface area contributed by atoms with Crippen LogP contribution >= 0.6 is 0 Å². The molecular weight excluding hydrogens is 272 g/mol. The molecule has 0 radical (unpaired) electrons. The highest BCUT2D eigenvalue weighted by atomic mass is 16.4. The molecule has 6 nitrogen and oxygen atoms in total. The molecule has 1 heterocycles. The summed E-state index contributed by atoms with van der Waals surface area (Å²) in [5.74, 6) is -2.06. The predicted octanol–water partition coefficient (Wildman–Crippen LogP) is 0.325. The summed E-state index contributed by atoms with van der Waals surface area (Å²) in [6, 6.07) is 9.05. The zero-order valence-corrected chi connectivity index (χ0v) is 11.5. The van der Waals surface area contributed by atoms with Crippen LogP contribution in [0.25, 0.3) is 0 Å². The summed E-state index contributed by atoms with van der Waals surface area (Å²) in [6.45, 7) is 0.399. The smallest absolute Gasteiger partial charge is 0.304 e. The Morgan fingerprint density at radius 1 is 1.33 bits per heavy atom. The normalized spacial score (nSPS) is 18.9. The van der Waals surface area contributed by atoms with Crippen LogP contribution in [0.4, 0.5) is 0 Å². The molecule has 2 rings (SSSR count). The molecular formula is C15H18N2O4. The van der Waals surface area contributed by atoms with Gasteiger partial charge < -0.3 is 15.7 Å². The van der Waals surface area contributed by atoms with Crippen LogP contribution in [0.1, 0.15) is 18.4 Å². The summed E-state index contributed by atoms with van der Waals surface area (Å²) in [5, 5.41) is 14.4. The van der Waals surface area contributed by atoms with Crippen LogP contribution in [0.5, 0.6) is 0 Å². The molecule has 1 aromatic rings. The summed E-state index contributed by atoms with van der Waals surface area (Å²) in [5.41, 5.74) is 0.916. The number of amides is 2. The Kier molecular flexibility index (Phi) is 4.92. The van der Waals surface area contributed by atoms with Crippen molar-refractivity contribution in [1.82, 2.24) is 10.6 Å². The number of benzene rings is 1. The molecule has 1 aromatic carbocycles. The first kappa shape index (κ1) is 15.0. The number of carboxylic acid groups (broad SMARTS) is 1. The van der Waals surface area contributed by atoms with E-state index in [1.807, 2.05) is 30.3 Å². The molecule has 1 fully saturated rings. The zero-order valence-electron chi connectivity index (χ0n) is 11.5. The van der Waals surface area contributed by atoms with E-state index in [1.165, 1.54) is 0 Å². The van der Waals surface area contributed by atoms with Gasteiger partial charge in [-0.15, -0.1) is 0 Å². The van der Waals surface area contributed by atoms with Crippen LogP contribution in [0.15, 0.2) is 30.3 Å². The van der Waals surface area contributed by atoms with Crippen molar-refractivity contribution in [2.75, 3.05) is 6.54 Å². The Balaban J connectivity index is 1.99. The Morgan fingerprint density at radius 3 is 2.62 bits per heavy atom. The molecule has 0 spiro atoms. The quantitative estimate of drug-likeness (QED) is 0.703. The van der Waals surface area contributed by atoms with Gasteiger partial charge in [0.2, 0.25) is 11.8 Å². The highest BCUT2D eigenvalue weighted by molar-refractivity contribution is 5.85. The summed E-state index contributed by atoms with van der Waals surface area (Å²) in [4.78, 5) is 34.3. The largest absolute Gasteiger partial charge is 0.481 e. The Labute approximate surface area is 122 Å². The SMILES string of the molecule is O=C(O)CC(Cc1ccccc1)C(=O)NC1CNC(=O)C1. The molecule has 3 N–H and O–H groups in total. The van der Waals surface area contributed by atoms with E-state index >= 15 is 0 Å². The minimum Gasteiger partial charge on any atom is -0.481 e. The zero-order chi connectivity index (χ0) is 15.2. The Morgan fingerprint density at radius 2 is 2.05 bits per heavy atom. The molecule has 2 unspecified atom stereocenters. The number of carboxylic acids is 1.